The predicted octanol–water partition coefficient (Wildman–Crippen LogP) is 1.38. The molecule has 0 aliphatic carbocycles. The summed E-state index contributed by atoms with van der Waals surface area (Å²) in [6.07, 6.45) is 2.96. The van der Waals surface area contributed by atoms with Crippen molar-refractivity contribution in [1.82, 2.24) is 4.90 Å². The molecule has 80 valence electrons. The van der Waals surface area contributed by atoms with Crippen LogP contribution in [0.1, 0.15) is 33.1 Å². The molecular formula is C11H20N2O. The summed E-state index contributed by atoms with van der Waals surface area (Å²) in [6, 6.07) is 2.34. The van der Waals surface area contributed by atoms with Crippen LogP contribution in [0.5, 0.6) is 0 Å². The number of hydrogen-bond acceptors (Lipinski definition) is 3. The van der Waals surface area contributed by atoms with Crippen molar-refractivity contribution in [3.8, 4) is 6.07 Å². The van der Waals surface area contributed by atoms with Gasteiger partial charge in [-0.05, 0) is 31.7 Å². The third-order valence-corrected chi connectivity index (χ3v) is 2.95. The van der Waals surface area contributed by atoms with Gasteiger partial charge >= 0.3 is 0 Å². The van der Waals surface area contributed by atoms with Crippen molar-refractivity contribution >= 4 is 0 Å². The fourth-order valence-electron chi connectivity index (χ4n) is 1.81. The Labute approximate surface area is 86.3 Å². The molecule has 0 aromatic carbocycles. The second-order valence-corrected chi connectivity index (χ2v) is 4.45. The molecule has 0 spiro atoms. The third-order valence-electron chi connectivity index (χ3n) is 2.95. The van der Waals surface area contributed by atoms with Crippen LogP contribution in [0.3, 0.4) is 0 Å². The third kappa shape index (κ3) is 2.97. The summed E-state index contributed by atoms with van der Waals surface area (Å²) in [5, 5.41) is 18.7. The molecule has 1 heterocycles. The van der Waals surface area contributed by atoms with Gasteiger partial charge in [0.2, 0.25) is 0 Å². The first-order valence-corrected chi connectivity index (χ1v) is 5.47. The number of nitrogens with zero attached hydrogens (tertiary/aromatic N) is 2. The van der Waals surface area contributed by atoms with Crippen LogP contribution in [0.15, 0.2) is 0 Å². The highest BCUT2D eigenvalue weighted by Gasteiger charge is 2.24. The predicted molar refractivity (Wildman–Crippen MR) is 55.7 cm³/mol. The van der Waals surface area contributed by atoms with Crippen molar-refractivity contribution in [3.05, 3.63) is 0 Å². The number of likely N-dealkylation sites (tertiary alicyclic amines) is 1. The second kappa shape index (κ2) is 5.33. The summed E-state index contributed by atoms with van der Waals surface area (Å²) in [4.78, 5) is 2.12. The standard InChI is InChI=1S/C11H20N2O/c1-9(2)11(14)8-13-6-4-3-5-10(13)7-12/h9-11,14H,3-6,8H2,1-2H3. The average Bonchev–Trinajstić information content (AvgIpc) is 2.18. The normalized spacial score (nSPS) is 26.1. The number of nitriles is 1. The van der Waals surface area contributed by atoms with Crippen LogP contribution in [0.2, 0.25) is 0 Å². The highest BCUT2D eigenvalue weighted by molar-refractivity contribution is 4.94. The van der Waals surface area contributed by atoms with Gasteiger partial charge in [-0.1, -0.05) is 13.8 Å². The molecule has 1 rings (SSSR count). The molecule has 0 saturated carbocycles. The van der Waals surface area contributed by atoms with Crippen LogP contribution in [0.25, 0.3) is 0 Å². The fourth-order valence-corrected chi connectivity index (χ4v) is 1.81. The smallest absolute Gasteiger partial charge is 0.0978 e. The number of aliphatic hydroxyl groups is 1. The lowest BCUT2D eigenvalue weighted by atomic mass is 10.0. The van der Waals surface area contributed by atoms with E-state index in [1.807, 2.05) is 13.8 Å². The molecule has 3 nitrogen and oxygen atoms in total. The van der Waals surface area contributed by atoms with E-state index in [9.17, 15) is 5.11 Å². The number of hydrogen-bond donors (Lipinski definition) is 1. The first-order chi connectivity index (χ1) is 6.65. The minimum Gasteiger partial charge on any atom is -0.392 e. The fraction of sp³-hybridized carbons (Fsp3) is 0.909. The van der Waals surface area contributed by atoms with Gasteiger partial charge in [-0.3, -0.25) is 4.90 Å². The molecule has 14 heavy (non-hydrogen) atoms. The SMILES string of the molecule is CC(C)C(O)CN1CCCCC1C#N. The molecule has 2 unspecified atom stereocenters. The molecule has 3 heteroatoms. The van der Waals surface area contributed by atoms with Crippen LogP contribution >= 0.6 is 0 Å². The van der Waals surface area contributed by atoms with Crippen molar-refractivity contribution in [1.29, 1.82) is 5.26 Å². The van der Waals surface area contributed by atoms with Crippen molar-refractivity contribution < 1.29 is 5.11 Å². The second-order valence-electron chi connectivity index (χ2n) is 4.45. The molecule has 1 aliphatic heterocycles. The van der Waals surface area contributed by atoms with E-state index in [1.54, 1.807) is 0 Å². The molecule has 0 aromatic rings. The monoisotopic (exact) mass is 196 g/mol. The first-order valence-electron chi connectivity index (χ1n) is 5.47. The molecule has 0 amide bonds. The van der Waals surface area contributed by atoms with E-state index in [4.69, 9.17) is 5.26 Å². The van der Waals surface area contributed by atoms with Gasteiger partial charge in [-0.15, -0.1) is 0 Å². The van der Waals surface area contributed by atoms with E-state index < -0.39 is 0 Å². The Balaban J connectivity index is 2.45. The van der Waals surface area contributed by atoms with Gasteiger partial charge < -0.3 is 5.11 Å². The molecule has 0 bridgehead atoms. The van der Waals surface area contributed by atoms with Gasteiger partial charge in [0.25, 0.3) is 0 Å². The Morgan fingerprint density at radius 3 is 2.79 bits per heavy atom. The van der Waals surface area contributed by atoms with Crippen molar-refractivity contribution in [3.63, 3.8) is 0 Å². The van der Waals surface area contributed by atoms with Crippen LogP contribution in [-0.2, 0) is 0 Å². The number of piperidine rings is 1. The van der Waals surface area contributed by atoms with E-state index in [1.165, 1.54) is 0 Å². The van der Waals surface area contributed by atoms with Gasteiger partial charge in [0, 0.05) is 6.54 Å². The summed E-state index contributed by atoms with van der Waals surface area (Å²) >= 11 is 0. The van der Waals surface area contributed by atoms with E-state index in [-0.39, 0.29) is 18.1 Å². The van der Waals surface area contributed by atoms with Crippen molar-refractivity contribution in [2.24, 2.45) is 5.92 Å². The summed E-state index contributed by atoms with van der Waals surface area (Å²) < 4.78 is 0. The van der Waals surface area contributed by atoms with Crippen LogP contribution in [0, 0.1) is 17.2 Å². The maximum Gasteiger partial charge on any atom is 0.0978 e. The summed E-state index contributed by atoms with van der Waals surface area (Å²) in [5.41, 5.74) is 0. The van der Waals surface area contributed by atoms with E-state index >= 15 is 0 Å². The van der Waals surface area contributed by atoms with E-state index in [0.29, 0.717) is 6.54 Å². The highest BCUT2D eigenvalue weighted by atomic mass is 16.3. The zero-order chi connectivity index (χ0) is 10.6. The minimum atomic E-state index is -0.302. The highest BCUT2D eigenvalue weighted by Crippen LogP contribution is 2.17. The number of β-amino-alcohol motifs (C(OH)–C–C–N with tert-alkyl or cyclic N) is 1. The quantitative estimate of drug-likeness (QED) is 0.742. The first kappa shape index (κ1) is 11.5. The summed E-state index contributed by atoms with van der Waals surface area (Å²) in [7, 11) is 0. The van der Waals surface area contributed by atoms with Gasteiger partial charge in [0.1, 0.15) is 0 Å². The Bertz CT molecular complexity index is 210. The minimum absolute atomic E-state index is 0.0251. The van der Waals surface area contributed by atoms with Gasteiger partial charge in [-0.25, -0.2) is 0 Å². The lowest BCUT2D eigenvalue weighted by Crippen LogP contribution is -2.44. The zero-order valence-electron chi connectivity index (χ0n) is 9.11. The summed E-state index contributed by atoms with van der Waals surface area (Å²) in [5.74, 6) is 0.274. The number of rotatable bonds is 3. The molecule has 2 atom stereocenters. The van der Waals surface area contributed by atoms with Gasteiger partial charge in [-0.2, -0.15) is 5.26 Å². The molecule has 1 aliphatic rings. The maximum atomic E-state index is 9.74. The average molecular weight is 196 g/mol. The number of aliphatic hydroxyl groups excluding tert-OH is 1. The summed E-state index contributed by atoms with van der Waals surface area (Å²) in [6.45, 7) is 5.63. The molecule has 1 N–H and O–H groups in total. The lowest BCUT2D eigenvalue weighted by molar-refractivity contribution is 0.0556. The molecule has 1 saturated heterocycles. The molecule has 0 radical (unpaired) electrons. The van der Waals surface area contributed by atoms with Crippen LogP contribution in [-0.4, -0.2) is 35.2 Å². The van der Waals surface area contributed by atoms with Crippen LogP contribution in [0.4, 0.5) is 0 Å². The van der Waals surface area contributed by atoms with E-state index in [0.717, 1.165) is 25.8 Å². The lowest BCUT2D eigenvalue weighted by Gasteiger charge is -2.33. The topological polar surface area (TPSA) is 47.3 Å². The van der Waals surface area contributed by atoms with Crippen molar-refractivity contribution in [2.75, 3.05) is 13.1 Å². The van der Waals surface area contributed by atoms with Gasteiger partial charge in [0.15, 0.2) is 0 Å². The molecule has 1 fully saturated rings. The largest absolute Gasteiger partial charge is 0.392 e. The maximum absolute atomic E-state index is 9.74. The van der Waals surface area contributed by atoms with E-state index in [2.05, 4.69) is 11.0 Å². The molecular weight excluding hydrogens is 176 g/mol. The Morgan fingerprint density at radius 2 is 2.21 bits per heavy atom. The molecule has 0 aromatic heterocycles. The van der Waals surface area contributed by atoms with Gasteiger partial charge in [0.05, 0.1) is 18.2 Å². The zero-order valence-corrected chi connectivity index (χ0v) is 9.11. The van der Waals surface area contributed by atoms with Crippen molar-refractivity contribution in [2.45, 2.75) is 45.3 Å². The Morgan fingerprint density at radius 1 is 1.50 bits per heavy atom. The van der Waals surface area contributed by atoms with Crippen LogP contribution < -0.4 is 0 Å². The Hall–Kier alpha value is -0.590. The Kier molecular flexibility index (Phi) is 4.37.